The van der Waals surface area contributed by atoms with Gasteiger partial charge in [0.2, 0.25) is 17.7 Å². The molecular formula is C16H12BrN5O2. The van der Waals surface area contributed by atoms with Crippen LogP contribution in [0.5, 0.6) is 5.88 Å². The van der Waals surface area contributed by atoms with Crippen molar-refractivity contribution in [2.24, 2.45) is 5.73 Å². The van der Waals surface area contributed by atoms with Gasteiger partial charge in [-0.1, -0.05) is 15.9 Å². The number of ether oxygens (including phenoxy) is 1. The predicted octanol–water partition coefficient (Wildman–Crippen LogP) is 1.83. The van der Waals surface area contributed by atoms with Crippen LogP contribution >= 0.6 is 15.9 Å². The lowest BCUT2D eigenvalue weighted by molar-refractivity contribution is -0.120. The molecule has 7 nitrogen and oxygen atoms in total. The van der Waals surface area contributed by atoms with Crippen LogP contribution < -0.4 is 15.4 Å². The van der Waals surface area contributed by atoms with Crippen molar-refractivity contribution in [2.45, 2.75) is 12.3 Å². The van der Waals surface area contributed by atoms with Crippen LogP contribution in [-0.4, -0.2) is 23.2 Å². The summed E-state index contributed by atoms with van der Waals surface area (Å²) in [6.07, 6.45) is 0. The molecule has 1 atom stereocenters. The smallest absolute Gasteiger partial charge is 0.247 e. The molecule has 0 saturated carbocycles. The van der Waals surface area contributed by atoms with E-state index in [9.17, 15) is 10.1 Å². The number of amides is 1. The number of nitriles is 1. The van der Waals surface area contributed by atoms with Crippen molar-refractivity contribution in [3.63, 3.8) is 0 Å². The largest absolute Gasteiger partial charge is 0.420 e. The fraction of sp³-hybridized carbons (Fsp3) is 0.188. The second-order valence-electron chi connectivity index (χ2n) is 5.76. The summed E-state index contributed by atoms with van der Waals surface area (Å²) in [4.78, 5) is 14.9. The molecular weight excluding hydrogens is 374 g/mol. The Bertz CT molecular complexity index is 987. The maximum atomic E-state index is 13.4. The zero-order chi connectivity index (χ0) is 17.2. The van der Waals surface area contributed by atoms with E-state index >= 15 is 0 Å². The Balaban J connectivity index is 2.21. The van der Waals surface area contributed by atoms with Gasteiger partial charge in [-0.15, -0.1) is 5.10 Å². The van der Waals surface area contributed by atoms with Gasteiger partial charge in [0.15, 0.2) is 0 Å². The first-order valence-corrected chi connectivity index (χ1v) is 7.94. The summed E-state index contributed by atoms with van der Waals surface area (Å²) in [7, 11) is 1.68. The molecule has 0 radical (unpaired) electrons. The van der Waals surface area contributed by atoms with Crippen molar-refractivity contribution in [2.75, 3.05) is 11.9 Å². The number of hydrogen-bond acceptors (Lipinski definition) is 5. The van der Waals surface area contributed by atoms with Crippen LogP contribution in [-0.2, 0) is 10.2 Å². The minimum atomic E-state index is -1.35. The third-order valence-electron chi connectivity index (χ3n) is 4.58. The van der Waals surface area contributed by atoms with E-state index in [1.165, 1.54) is 4.90 Å². The van der Waals surface area contributed by atoms with E-state index in [1.807, 2.05) is 18.2 Å². The highest BCUT2D eigenvalue weighted by molar-refractivity contribution is 9.10. The molecule has 4 rings (SSSR count). The van der Waals surface area contributed by atoms with E-state index in [0.29, 0.717) is 16.8 Å². The summed E-state index contributed by atoms with van der Waals surface area (Å²) in [5.74, 6) is -0.145. The number of aryl methyl sites for hydroxylation is 1. The average Bonchev–Trinajstić information content (AvgIpc) is 3.01. The number of nitrogens with zero attached hydrogens (tertiary/aromatic N) is 3. The van der Waals surface area contributed by atoms with E-state index in [4.69, 9.17) is 10.5 Å². The Morgan fingerprint density at radius 1 is 1.50 bits per heavy atom. The lowest BCUT2D eigenvalue weighted by Crippen LogP contribution is -2.45. The number of benzene rings is 1. The normalized spacial score (nSPS) is 21.6. The molecule has 2 aromatic rings. The molecule has 0 aliphatic carbocycles. The van der Waals surface area contributed by atoms with Crippen molar-refractivity contribution >= 4 is 27.5 Å². The van der Waals surface area contributed by atoms with Gasteiger partial charge in [-0.2, -0.15) is 5.26 Å². The van der Waals surface area contributed by atoms with Gasteiger partial charge >= 0.3 is 0 Å². The minimum Gasteiger partial charge on any atom is -0.420 e. The molecule has 0 unspecified atom stereocenters. The van der Waals surface area contributed by atoms with Crippen LogP contribution in [0.2, 0.25) is 0 Å². The van der Waals surface area contributed by atoms with Gasteiger partial charge in [0.1, 0.15) is 17.1 Å². The van der Waals surface area contributed by atoms with Crippen molar-refractivity contribution in [3.05, 3.63) is 50.9 Å². The van der Waals surface area contributed by atoms with E-state index in [1.54, 1.807) is 14.0 Å². The lowest BCUT2D eigenvalue weighted by atomic mass is 9.69. The first-order valence-electron chi connectivity index (χ1n) is 7.14. The molecule has 2 aliphatic heterocycles. The molecule has 3 N–H and O–H groups in total. The topological polar surface area (TPSA) is 108 Å². The van der Waals surface area contributed by atoms with Crippen molar-refractivity contribution in [1.29, 1.82) is 5.26 Å². The minimum absolute atomic E-state index is 0.0770. The standard InChI is InChI=1S/C16H12BrN5O2/c1-7-12-14(21-20-7)24-13(19)10(6-18)16(12)9-5-8(17)3-4-11(9)22(2)15(16)23/h3-5H,19H2,1-2H3,(H,20,21)/t16-/m0/s1. The Morgan fingerprint density at radius 3 is 2.96 bits per heavy atom. The zero-order valence-corrected chi connectivity index (χ0v) is 14.4. The summed E-state index contributed by atoms with van der Waals surface area (Å²) in [6, 6.07) is 7.60. The van der Waals surface area contributed by atoms with Crippen molar-refractivity contribution < 1.29 is 9.53 Å². The summed E-state index contributed by atoms with van der Waals surface area (Å²) >= 11 is 3.45. The molecule has 0 fully saturated rings. The van der Waals surface area contributed by atoms with Gasteiger partial charge in [0, 0.05) is 28.5 Å². The maximum Gasteiger partial charge on any atom is 0.247 e. The Hall–Kier alpha value is -2.79. The monoisotopic (exact) mass is 385 g/mol. The van der Waals surface area contributed by atoms with E-state index in [-0.39, 0.29) is 23.2 Å². The number of hydrogen-bond donors (Lipinski definition) is 2. The van der Waals surface area contributed by atoms with Crippen LogP contribution in [0.15, 0.2) is 34.1 Å². The number of aromatic nitrogens is 2. The van der Waals surface area contributed by atoms with Gasteiger partial charge in [-0.25, -0.2) is 0 Å². The zero-order valence-electron chi connectivity index (χ0n) is 12.8. The van der Waals surface area contributed by atoms with Gasteiger partial charge in [-0.05, 0) is 25.1 Å². The lowest BCUT2D eigenvalue weighted by Gasteiger charge is -2.32. The predicted molar refractivity (Wildman–Crippen MR) is 89.1 cm³/mol. The number of halogens is 1. The molecule has 1 spiro atoms. The summed E-state index contributed by atoms with van der Waals surface area (Å²) in [6.45, 7) is 1.79. The highest BCUT2D eigenvalue weighted by Gasteiger charge is 2.60. The fourth-order valence-corrected chi connectivity index (χ4v) is 3.95. The molecule has 1 amide bonds. The Kier molecular flexibility index (Phi) is 2.84. The van der Waals surface area contributed by atoms with Crippen molar-refractivity contribution in [3.8, 4) is 11.9 Å². The number of rotatable bonds is 0. The van der Waals surface area contributed by atoms with E-state index in [2.05, 4.69) is 32.2 Å². The maximum absolute atomic E-state index is 13.4. The van der Waals surface area contributed by atoms with Crippen LogP contribution in [0.25, 0.3) is 0 Å². The third-order valence-corrected chi connectivity index (χ3v) is 5.07. The Labute approximate surface area is 145 Å². The second-order valence-corrected chi connectivity index (χ2v) is 6.67. The Morgan fingerprint density at radius 2 is 2.25 bits per heavy atom. The number of H-pyrrole nitrogens is 1. The summed E-state index contributed by atoms with van der Waals surface area (Å²) in [5.41, 5.74) is 7.28. The molecule has 1 aromatic carbocycles. The summed E-state index contributed by atoms with van der Waals surface area (Å²) < 4.78 is 6.28. The number of anilines is 1. The molecule has 120 valence electrons. The molecule has 1 aromatic heterocycles. The molecule has 0 bridgehead atoms. The van der Waals surface area contributed by atoms with Gasteiger partial charge in [0.25, 0.3) is 0 Å². The van der Waals surface area contributed by atoms with Crippen LogP contribution in [0.1, 0.15) is 16.8 Å². The van der Waals surface area contributed by atoms with Crippen LogP contribution in [0.3, 0.4) is 0 Å². The highest BCUT2D eigenvalue weighted by Crippen LogP contribution is 2.55. The van der Waals surface area contributed by atoms with Crippen LogP contribution in [0, 0.1) is 18.3 Å². The number of nitrogens with two attached hydrogens (primary N) is 1. The molecule has 0 saturated heterocycles. The molecule has 3 heterocycles. The van der Waals surface area contributed by atoms with Gasteiger partial charge < -0.3 is 15.4 Å². The number of likely N-dealkylation sites (N-methyl/N-ethyl adjacent to an activating group) is 1. The highest BCUT2D eigenvalue weighted by atomic mass is 79.9. The van der Waals surface area contributed by atoms with Gasteiger partial charge in [0.05, 0.1) is 5.56 Å². The van der Waals surface area contributed by atoms with Gasteiger partial charge in [-0.3, -0.25) is 9.89 Å². The van der Waals surface area contributed by atoms with E-state index < -0.39 is 5.41 Å². The number of carbonyl (C=O) groups is 1. The number of fused-ring (bicyclic) bond motifs is 4. The van der Waals surface area contributed by atoms with E-state index in [0.717, 1.165) is 10.2 Å². The average molecular weight is 386 g/mol. The summed E-state index contributed by atoms with van der Waals surface area (Å²) in [5, 5.41) is 16.7. The SMILES string of the molecule is Cc1[nH]nc2c1[C@@]1(C(=O)N(C)c3ccc(Br)cc31)C(C#N)=C(N)O2. The number of carbonyl (C=O) groups excluding carboxylic acids is 1. The molecule has 2 aliphatic rings. The van der Waals surface area contributed by atoms with Crippen molar-refractivity contribution in [1.82, 2.24) is 10.2 Å². The first kappa shape index (κ1) is 14.8. The number of nitrogens with one attached hydrogen (secondary N) is 1. The molecule has 24 heavy (non-hydrogen) atoms. The van der Waals surface area contributed by atoms with Crippen LogP contribution in [0.4, 0.5) is 5.69 Å². The fourth-order valence-electron chi connectivity index (χ4n) is 3.59. The third kappa shape index (κ3) is 1.50. The second kappa shape index (κ2) is 4.61. The molecule has 8 heteroatoms. The quantitative estimate of drug-likeness (QED) is 0.718. The number of aromatic amines is 1. The first-order chi connectivity index (χ1) is 11.4.